The van der Waals surface area contributed by atoms with Gasteiger partial charge in [-0.1, -0.05) is 53.7 Å². The van der Waals surface area contributed by atoms with Crippen LogP contribution in [0, 0.1) is 6.92 Å². The van der Waals surface area contributed by atoms with Crippen LogP contribution in [0.15, 0.2) is 53.7 Å². The van der Waals surface area contributed by atoms with Gasteiger partial charge in [-0.15, -0.1) is 10.2 Å². The molecule has 0 saturated carbocycles. The van der Waals surface area contributed by atoms with Crippen molar-refractivity contribution in [1.82, 2.24) is 25.0 Å². The van der Waals surface area contributed by atoms with Crippen molar-refractivity contribution in [3.63, 3.8) is 0 Å². The number of nitrogens with one attached hydrogen (secondary N) is 1. The average molecular weight is 410 g/mol. The number of nitrogens with zero attached hydrogens (tertiary/aromatic N) is 4. The highest BCUT2D eigenvalue weighted by Gasteiger charge is 2.12. The molecule has 1 aromatic heterocycles. The molecule has 29 heavy (non-hydrogen) atoms. The van der Waals surface area contributed by atoms with Crippen LogP contribution in [-0.2, 0) is 13.6 Å². The topological polar surface area (TPSA) is 63.1 Å². The molecule has 3 aromatic rings. The number of carbonyl (C=O) groups excluding carboxylic acids is 1. The smallest absolute Gasteiger partial charge is 0.251 e. The molecule has 152 valence electrons. The molecule has 0 aliphatic carbocycles. The molecule has 1 amide bonds. The van der Waals surface area contributed by atoms with Gasteiger partial charge in [0.25, 0.3) is 5.91 Å². The Kier molecular flexibility index (Phi) is 7.06. The molecule has 2 aromatic carbocycles. The van der Waals surface area contributed by atoms with Gasteiger partial charge in [-0.2, -0.15) is 0 Å². The van der Waals surface area contributed by atoms with E-state index in [-0.39, 0.29) is 5.91 Å². The van der Waals surface area contributed by atoms with Crippen molar-refractivity contribution in [3.05, 3.63) is 65.5 Å². The monoisotopic (exact) mass is 409 g/mol. The molecule has 3 rings (SSSR count). The van der Waals surface area contributed by atoms with Crippen LogP contribution in [0.25, 0.3) is 11.1 Å². The van der Waals surface area contributed by atoms with E-state index in [1.807, 2.05) is 50.0 Å². The van der Waals surface area contributed by atoms with Crippen LogP contribution in [0.3, 0.4) is 0 Å². The molecular weight excluding hydrogens is 382 g/mol. The quantitative estimate of drug-likeness (QED) is 0.578. The Hall–Kier alpha value is -2.64. The van der Waals surface area contributed by atoms with Gasteiger partial charge in [-0.05, 0) is 44.3 Å². The predicted octanol–water partition coefficient (Wildman–Crippen LogP) is 3.37. The summed E-state index contributed by atoms with van der Waals surface area (Å²) in [4.78, 5) is 14.6. The first-order chi connectivity index (χ1) is 13.9. The Morgan fingerprint density at radius 3 is 2.28 bits per heavy atom. The maximum Gasteiger partial charge on any atom is 0.251 e. The summed E-state index contributed by atoms with van der Waals surface area (Å²) in [6.45, 7) is 3.39. The Bertz CT molecular complexity index is 948. The third-order valence-corrected chi connectivity index (χ3v) is 5.63. The lowest BCUT2D eigenvalue weighted by Gasteiger charge is -2.09. The summed E-state index contributed by atoms with van der Waals surface area (Å²) >= 11 is 1.66. The molecule has 7 heteroatoms. The summed E-state index contributed by atoms with van der Waals surface area (Å²) in [5, 5.41) is 12.2. The van der Waals surface area contributed by atoms with Gasteiger partial charge >= 0.3 is 0 Å². The Morgan fingerprint density at radius 1 is 1.03 bits per heavy atom. The van der Waals surface area contributed by atoms with Gasteiger partial charge in [0.1, 0.15) is 0 Å². The fraction of sp³-hybridized carbons (Fsp3) is 0.318. The second-order valence-electron chi connectivity index (χ2n) is 7.24. The molecule has 0 bridgehead atoms. The molecule has 0 saturated heterocycles. The highest BCUT2D eigenvalue weighted by molar-refractivity contribution is 7.99. The summed E-state index contributed by atoms with van der Waals surface area (Å²) < 4.78 is 1.93. The largest absolute Gasteiger partial charge is 0.345 e. The Morgan fingerprint density at radius 2 is 1.66 bits per heavy atom. The number of thioether (sulfide) groups is 1. The maximum absolute atomic E-state index is 12.5. The summed E-state index contributed by atoms with van der Waals surface area (Å²) in [6, 6.07) is 16.0. The first kappa shape index (κ1) is 21.1. The standard InChI is InChI=1S/C22H27N5OS/c1-16-5-7-17(8-6-16)18-9-11-19(12-10-18)21(28)23-15-20-24-25-22(27(20)4)29-14-13-26(2)3/h5-12H,13-15H2,1-4H3,(H,23,28). The highest BCUT2D eigenvalue weighted by Crippen LogP contribution is 2.20. The predicted molar refractivity (Wildman–Crippen MR) is 118 cm³/mol. The van der Waals surface area contributed by atoms with E-state index in [4.69, 9.17) is 0 Å². The Balaban J connectivity index is 1.57. The van der Waals surface area contributed by atoms with Gasteiger partial charge in [0, 0.05) is 24.9 Å². The van der Waals surface area contributed by atoms with E-state index in [1.165, 1.54) is 5.56 Å². The second-order valence-corrected chi connectivity index (χ2v) is 8.30. The highest BCUT2D eigenvalue weighted by atomic mass is 32.2. The van der Waals surface area contributed by atoms with Crippen molar-refractivity contribution in [2.75, 3.05) is 26.4 Å². The van der Waals surface area contributed by atoms with Crippen LogP contribution >= 0.6 is 11.8 Å². The van der Waals surface area contributed by atoms with Crippen LogP contribution in [0.5, 0.6) is 0 Å². The van der Waals surface area contributed by atoms with Crippen molar-refractivity contribution in [3.8, 4) is 11.1 Å². The summed E-state index contributed by atoms with van der Waals surface area (Å²) in [5.74, 6) is 1.56. The van der Waals surface area contributed by atoms with Crippen LogP contribution in [0.2, 0.25) is 0 Å². The lowest BCUT2D eigenvalue weighted by Crippen LogP contribution is -2.24. The van der Waals surface area contributed by atoms with Gasteiger partial charge in [-0.25, -0.2) is 0 Å². The first-order valence-electron chi connectivity index (χ1n) is 9.55. The van der Waals surface area contributed by atoms with Crippen molar-refractivity contribution >= 4 is 17.7 Å². The van der Waals surface area contributed by atoms with Gasteiger partial charge < -0.3 is 14.8 Å². The number of aryl methyl sites for hydroxylation is 1. The fourth-order valence-electron chi connectivity index (χ4n) is 2.77. The minimum absolute atomic E-state index is 0.120. The molecule has 1 N–H and O–H groups in total. The van der Waals surface area contributed by atoms with E-state index >= 15 is 0 Å². The minimum Gasteiger partial charge on any atom is -0.345 e. The van der Waals surface area contributed by atoms with Crippen LogP contribution in [0.1, 0.15) is 21.7 Å². The molecule has 6 nitrogen and oxygen atoms in total. The minimum atomic E-state index is -0.120. The van der Waals surface area contributed by atoms with Gasteiger partial charge in [-0.3, -0.25) is 4.79 Å². The second kappa shape index (κ2) is 9.71. The van der Waals surface area contributed by atoms with E-state index < -0.39 is 0 Å². The van der Waals surface area contributed by atoms with Crippen LogP contribution in [-0.4, -0.2) is 52.0 Å². The van der Waals surface area contributed by atoms with E-state index in [0.29, 0.717) is 12.1 Å². The SMILES string of the molecule is Cc1ccc(-c2ccc(C(=O)NCc3nnc(SCCN(C)C)n3C)cc2)cc1. The lowest BCUT2D eigenvalue weighted by atomic mass is 10.0. The number of carbonyl (C=O) groups is 1. The third-order valence-electron chi connectivity index (χ3n) is 4.63. The summed E-state index contributed by atoms with van der Waals surface area (Å²) in [7, 11) is 6.02. The number of hydrogen-bond donors (Lipinski definition) is 1. The normalized spacial score (nSPS) is 11.1. The number of benzene rings is 2. The zero-order chi connectivity index (χ0) is 20.8. The zero-order valence-electron chi connectivity index (χ0n) is 17.3. The van der Waals surface area contributed by atoms with E-state index in [0.717, 1.165) is 34.4 Å². The van der Waals surface area contributed by atoms with Gasteiger partial charge in [0.15, 0.2) is 11.0 Å². The molecule has 0 spiro atoms. The molecule has 0 unspecified atom stereocenters. The molecule has 0 aliphatic rings. The molecule has 0 atom stereocenters. The number of amides is 1. The van der Waals surface area contributed by atoms with Crippen molar-refractivity contribution in [2.24, 2.45) is 7.05 Å². The van der Waals surface area contributed by atoms with Crippen molar-refractivity contribution < 1.29 is 4.79 Å². The summed E-state index contributed by atoms with van der Waals surface area (Å²) in [5.41, 5.74) is 4.09. The van der Waals surface area contributed by atoms with E-state index in [9.17, 15) is 4.79 Å². The maximum atomic E-state index is 12.5. The van der Waals surface area contributed by atoms with Gasteiger partial charge in [0.05, 0.1) is 6.54 Å². The van der Waals surface area contributed by atoms with E-state index in [2.05, 4.69) is 51.6 Å². The molecule has 0 aliphatic heterocycles. The van der Waals surface area contributed by atoms with E-state index in [1.54, 1.807) is 11.8 Å². The zero-order valence-corrected chi connectivity index (χ0v) is 18.2. The Labute approximate surface area is 176 Å². The van der Waals surface area contributed by atoms with Crippen molar-refractivity contribution in [1.29, 1.82) is 0 Å². The molecule has 0 radical (unpaired) electrons. The van der Waals surface area contributed by atoms with Crippen LogP contribution in [0.4, 0.5) is 0 Å². The third kappa shape index (κ3) is 5.68. The number of aromatic nitrogens is 3. The molecular formula is C22H27N5OS. The van der Waals surface area contributed by atoms with Gasteiger partial charge in [0.2, 0.25) is 0 Å². The lowest BCUT2D eigenvalue weighted by molar-refractivity contribution is 0.0949. The summed E-state index contributed by atoms with van der Waals surface area (Å²) in [6.07, 6.45) is 0. The number of hydrogen-bond acceptors (Lipinski definition) is 5. The fourth-order valence-corrected chi connectivity index (χ4v) is 3.80. The van der Waals surface area contributed by atoms with Crippen molar-refractivity contribution in [2.45, 2.75) is 18.6 Å². The molecule has 1 heterocycles. The first-order valence-corrected chi connectivity index (χ1v) is 10.5. The molecule has 0 fully saturated rings. The number of rotatable bonds is 8. The van der Waals surface area contributed by atoms with Crippen LogP contribution < -0.4 is 5.32 Å². The average Bonchev–Trinajstić information content (AvgIpc) is 3.06.